The van der Waals surface area contributed by atoms with Crippen molar-refractivity contribution in [2.75, 3.05) is 31.7 Å². The first-order chi connectivity index (χ1) is 8.70. The Morgan fingerprint density at radius 1 is 1.44 bits per heavy atom. The largest absolute Gasteiger partial charge is 0.494 e. The third kappa shape index (κ3) is 3.16. The standard InChI is InChI=1S/C13H16FNO2S/c1-17-12-3-2-10(8-11(12)14)9-13(16)15-4-6-18-7-5-15/h2-3,8H,4-7,9H2,1H3. The Bertz CT molecular complexity index is 433. The lowest BCUT2D eigenvalue weighted by molar-refractivity contribution is -0.130. The molecule has 0 spiro atoms. The Hall–Kier alpha value is -1.23. The molecule has 0 atom stereocenters. The molecule has 0 aromatic heterocycles. The number of hydrogen-bond donors (Lipinski definition) is 0. The van der Waals surface area contributed by atoms with Gasteiger partial charge in [-0.3, -0.25) is 4.79 Å². The van der Waals surface area contributed by atoms with Crippen LogP contribution in [0.15, 0.2) is 18.2 Å². The first kappa shape index (κ1) is 13.2. The van der Waals surface area contributed by atoms with Crippen LogP contribution in [0.4, 0.5) is 4.39 Å². The maximum Gasteiger partial charge on any atom is 0.227 e. The number of ether oxygens (including phenoxy) is 1. The van der Waals surface area contributed by atoms with Gasteiger partial charge in [-0.1, -0.05) is 6.07 Å². The Morgan fingerprint density at radius 3 is 2.78 bits per heavy atom. The average Bonchev–Trinajstić information content (AvgIpc) is 2.40. The quantitative estimate of drug-likeness (QED) is 0.840. The number of thioether (sulfide) groups is 1. The lowest BCUT2D eigenvalue weighted by Gasteiger charge is -2.26. The smallest absolute Gasteiger partial charge is 0.227 e. The highest BCUT2D eigenvalue weighted by atomic mass is 32.2. The molecule has 1 aliphatic rings. The van der Waals surface area contributed by atoms with Crippen LogP contribution in [0.25, 0.3) is 0 Å². The summed E-state index contributed by atoms with van der Waals surface area (Å²) in [5.41, 5.74) is 0.691. The van der Waals surface area contributed by atoms with Crippen molar-refractivity contribution >= 4 is 17.7 Å². The van der Waals surface area contributed by atoms with E-state index in [1.165, 1.54) is 13.2 Å². The summed E-state index contributed by atoms with van der Waals surface area (Å²) >= 11 is 1.86. The van der Waals surface area contributed by atoms with Crippen molar-refractivity contribution in [1.29, 1.82) is 0 Å². The lowest BCUT2D eigenvalue weighted by atomic mass is 10.1. The van der Waals surface area contributed by atoms with Crippen LogP contribution in [0.1, 0.15) is 5.56 Å². The molecule has 0 saturated carbocycles. The summed E-state index contributed by atoms with van der Waals surface area (Å²) < 4.78 is 18.3. The monoisotopic (exact) mass is 269 g/mol. The summed E-state index contributed by atoms with van der Waals surface area (Å²) in [5, 5.41) is 0. The molecule has 5 heteroatoms. The van der Waals surface area contributed by atoms with Crippen LogP contribution >= 0.6 is 11.8 Å². The molecule has 1 aromatic rings. The van der Waals surface area contributed by atoms with Crippen molar-refractivity contribution in [3.63, 3.8) is 0 Å². The summed E-state index contributed by atoms with van der Waals surface area (Å²) in [7, 11) is 1.43. The maximum absolute atomic E-state index is 13.5. The van der Waals surface area contributed by atoms with Crippen molar-refractivity contribution in [3.05, 3.63) is 29.6 Å². The van der Waals surface area contributed by atoms with Gasteiger partial charge in [-0.05, 0) is 17.7 Å². The molecule has 0 radical (unpaired) electrons. The van der Waals surface area contributed by atoms with Crippen molar-refractivity contribution in [1.82, 2.24) is 4.90 Å². The van der Waals surface area contributed by atoms with E-state index in [9.17, 15) is 9.18 Å². The molecular formula is C13H16FNO2S. The van der Waals surface area contributed by atoms with E-state index in [0.29, 0.717) is 5.56 Å². The zero-order valence-corrected chi connectivity index (χ0v) is 11.1. The van der Waals surface area contributed by atoms with Gasteiger partial charge in [-0.15, -0.1) is 0 Å². The highest BCUT2D eigenvalue weighted by Gasteiger charge is 2.17. The van der Waals surface area contributed by atoms with Gasteiger partial charge >= 0.3 is 0 Å². The van der Waals surface area contributed by atoms with Crippen molar-refractivity contribution in [3.8, 4) is 5.75 Å². The average molecular weight is 269 g/mol. The second-order valence-corrected chi connectivity index (χ2v) is 5.36. The van der Waals surface area contributed by atoms with E-state index in [4.69, 9.17) is 4.74 Å². The van der Waals surface area contributed by atoms with Gasteiger partial charge < -0.3 is 9.64 Å². The van der Waals surface area contributed by atoms with Crippen LogP contribution in [0, 0.1) is 5.82 Å². The molecule has 3 nitrogen and oxygen atoms in total. The zero-order chi connectivity index (χ0) is 13.0. The van der Waals surface area contributed by atoms with Gasteiger partial charge in [0.15, 0.2) is 11.6 Å². The fraction of sp³-hybridized carbons (Fsp3) is 0.462. The first-order valence-corrected chi connectivity index (χ1v) is 7.04. The molecule has 1 aromatic carbocycles. The predicted octanol–water partition coefficient (Wildman–Crippen LogP) is 1.95. The fourth-order valence-electron chi connectivity index (χ4n) is 1.92. The van der Waals surface area contributed by atoms with E-state index in [-0.39, 0.29) is 18.1 Å². The van der Waals surface area contributed by atoms with E-state index in [1.807, 2.05) is 16.7 Å². The van der Waals surface area contributed by atoms with E-state index < -0.39 is 5.82 Å². The SMILES string of the molecule is COc1ccc(CC(=O)N2CCSCC2)cc1F. The van der Waals surface area contributed by atoms with Crippen molar-refractivity contribution in [2.24, 2.45) is 0 Å². The molecule has 1 amide bonds. The van der Waals surface area contributed by atoms with Gasteiger partial charge in [0.1, 0.15) is 0 Å². The number of hydrogen-bond acceptors (Lipinski definition) is 3. The Balaban J connectivity index is 2.00. The van der Waals surface area contributed by atoms with Gasteiger partial charge in [0.2, 0.25) is 5.91 Å². The van der Waals surface area contributed by atoms with E-state index >= 15 is 0 Å². The minimum absolute atomic E-state index is 0.0693. The minimum Gasteiger partial charge on any atom is -0.494 e. The molecule has 1 fully saturated rings. The lowest BCUT2D eigenvalue weighted by Crippen LogP contribution is -2.38. The highest BCUT2D eigenvalue weighted by Crippen LogP contribution is 2.19. The third-order valence-electron chi connectivity index (χ3n) is 2.94. The summed E-state index contributed by atoms with van der Waals surface area (Å²) in [6.07, 6.45) is 0.256. The third-order valence-corrected chi connectivity index (χ3v) is 3.88. The summed E-state index contributed by atoms with van der Waals surface area (Å²) in [6, 6.07) is 4.66. The van der Waals surface area contributed by atoms with Crippen LogP contribution in [0.3, 0.4) is 0 Å². The van der Waals surface area contributed by atoms with Crippen LogP contribution in [0.5, 0.6) is 5.75 Å². The Kier molecular flexibility index (Phi) is 4.47. The van der Waals surface area contributed by atoms with E-state index in [2.05, 4.69) is 0 Å². The normalized spacial score (nSPS) is 15.6. The summed E-state index contributed by atoms with van der Waals surface area (Å²) in [4.78, 5) is 13.8. The molecule has 0 N–H and O–H groups in total. The number of carbonyl (C=O) groups is 1. The number of carbonyl (C=O) groups excluding carboxylic acids is 1. The number of benzene rings is 1. The molecule has 1 aliphatic heterocycles. The van der Waals surface area contributed by atoms with E-state index in [1.54, 1.807) is 12.1 Å². The number of methoxy groups -OCH3 is 1. The van der Waals surface area contributed by atoms with Crippen LogP contribution in [-0.2, 0) is 11.2 Å². The first-order valence-electron chi connectivity index (χ1n) is 5.88. The molecule has 1 heterocycles. The van der Waals surface area contributed by atoms with Crippen molar-refractivity contribution < 1.29 is 13.9 Å². The Labute approximate surface area is 110 Å². The zero-order valence-electron chi connectivity index (χ0n) is 10.3. The summed E-state index contributed by atoms with van der Waals surface area (Å²) in [5.74, 6) is 1.84. The van der Waals surface area contributed by atoms with Crippen molar-refractivity contribution in [2.45, 2.75) is 6.42 Å². The maximum atomic E-state index is 13.5. The number of amides is 1. The number of halogens is 1. The molecule has 1 saturated heterocycles. The topological polar surface area (TPSA) is 29.5 Å². The molecule has 0 bridgehead atoms. The molecule has 2 rings (SSSR count). The van der Waals surface area contributed by atoms with Gasteiger partial charge in [0, 0.05) is 24.6 Å². The van der Waals surface area contributed by atoms with E-state index in [0.717, 1.165) is 24.6 Å². The van der Waals surface area contributed by atoms with Crippen LogP contribution < -0.4 is 4.74 Å². The molecule has 0 unspecified atom stereocenters. The number of nitrogens with zero attached hydrogens (tertiary/aromatic N) is 1. The second kappa shape index (κ2) is 6.09. The van der Waals surface area contributed by atoms with Crippen LogP contribution in [-0.4, -0.2) is 42.5 Å². The minimum atomic E-state index is -0.419. The summed E-state index contributed by atoms with van der Waals surface area (Å²) in [6.45, 7) is 1.59. The van der Waals surface area contributed by atoms with Gasteiger partial charge in [0.05, 0.1) is 13.5 Å². The molecule has 0 aliphatic carbocycles. The second-order valence-electron chi connectivity index (χ2n) is 4.14. The fourth-order valence-corrected chi connectivity index (χ4v) is 2.82. The van der Waals surface area contributed by atoms with Crippen LogP contribution in [0.2, 0.25) is 0 Å². The molecular weight excluding hydrogens is 253 g/mol. The van der Waals surface area contributed by atoms with Gasteiger partial charge in [-0.25, -0.2) is 4.39 Å². The van der Waals surface area contributed by atoms with Gasteiger partial charge in [-0.2, -0.15) is 11.8 Å². The number of rotatable bonds is 3. The Morgan fingerprint density at radius 2 is 2.17 bits per heavy atom. The van der Waals surface area contributed by atoms with Gasteiger partial charge in [0.25, 0.3) is 0 Å². The molecule has 18 heavy (non-hydrogen) atoms. The highest BCUT2D eigenvalue weighted by molar-refractivity contribution is 7.99. The molecule has 98 valence electrons. The predicted molar refractivity (Wildman–Crippen MR) is 70.6 cm³/mol.